The van der Waals surface area contributed by atoms with Gasteiger partial charge in [-0.25, -0.2) is 4.68 Å². The van der Waals surface area contributed by atoms with E-state index < -0.39 is 0 Å². The predicted octanol–water partition coefficient (Wildman–Crippen LogP) is 2.62. The Bertz CT molecular complexity index is 744. The predicted molar refractivity (Wildman–Crippen MR) is 107 cm³/mol. The Morgan fingerprint density at radius 1 is 1.07 bits per heavy atom. The Morgan fingerprint density at radius 2 is 1.85 bits per heavy atom. The Labute approximate surface area is 161 Å². The molecule has 2 saturated heterocycles. The summed E-state index contributed by atoms with van der Waals surface area (Å²) in [7, 11) is 2.20. The van der Waals surface area contributed by atoms with Crippen molar-refractivity contribution < 1.29 is 4.79 Å². The van der Waals surface area contributed by atoms with Crippen LogP contribution in [0.2, 0.25) is 0 Å². The van der Waals surface area contributed by atoms with Crippen LogP contribution in [0.25, 0.3) is 5.69 Å². The van der Waals surface area contributed by atoms with Gasteiger partial charge in [0.15, 0.2) is 0 Å². The highest BCUT2D eigenvalue weighted by Gasteiger charge is 2.30. The van der Waals surface area contributed by atoms with E-state index in [0.717, 1.165) is 37.3 Å². The fourth-order valence-corrected chi connectivity index (χ4v) is 4.28. The molecule has 3 heterocycles. The lowest BCUT2D eigenvalue weighted by molar-refractivity contribution is -0.121. The van der Waals surface area contributed by atoms with E-state index in [1.54, 1.807) is 10.9 Å². The van der Waals surface area contributed by atoms with Crippen molar-refractivity contribution in [3.8, 4) is 5.69 Å². The van der Waals surface area contributed by atoms with E-state index in [-0.39, 0.29) is 11.8 Å². The van der Waals surface area contributed by atoms with Crippen molar-refractivity contribution >= 4 is 11.6 Å². The number of aromatic nitrogens is 2. The molecule has 4 rings (SSSR count). The summed E-state index contributed by atoms with van der Waals surface area (Å²) in [4.78, 5) is 17.7. The van der Waals surface area contributed by atoms with Crippen LogP contribution < -0.4 is 5.32 Å². The highest BCUT2D eigenvalue weighted by molar-refractivity contribution is 5.92. The molecule has 0 spiro atoms. The summed E-state index contributed by atoms with van der Waals surface area (Å²) >= 11 is 0. The third-order valence-corrected chi connectivity index (χ3v) is 5.99. The van der Waals surface area contributed by atoms with Gasteiger partial charge in [-0.2, -0.15) is 5.10 Å². The summed E-state index contributed by atoms with van der Waals surface area (Å²) in [5.74, 6) is 0.261. The Morgan fingerprint density at radius 3 is 2.56 bits per heavy atom. The van der Waals surface area contributed by atoms with Gasteiger partial charge < -0.3 is 15.1 Å². The van der Waals surface area contributed by atoms with Gasteiger partial charge in [0.05, 0.1) is 5.69 Å². The van der Waals surface area contributed by atoms with Crippen LogP contribution in [0.15, 0.2) is 42.7 Å². The number of hydrogen-bond acceptors (Lipinski definition) is 4. The lowest BCUT2D eigenvalue weighted by atomic mass is 9.93. The zero-order chi connectivity index (χ0) is 18.6. The second kappa shape index (κ2) is 8.23. The number of carbonyl (C=O) groups is 1. The maximum atomic E-state index is 12.7. The van der Waals surface area contributed by atoms with E-state index >= 15 is 0 Å². The molecule has 2 aromatic rings. The number of amides is 1. The first-order valence-corrected chi connectivity index (χ1v) is 10.0. The minimum atomic E-state index is 0.112. The summed E-state index contributed by atoms with van der Waals surface area (Å²) in [6.45, 7) is 4.47. The Hall–Kier alpha value is -2.18. The van der Waals surface area contributed by atoms with Crippen molar-refractivity contribution in [3.63, 3.8) is 0 Å². The lowest BCUT2D eigenvalue weighted by Crippen LogP contribution is -2.48. The maximum absolute atomic E-state index is 12.7. The number of anilines is 1. The van der Waals surface area contributed by atoms with Crippen LogP contribution in [0.3, 0.4) is 0 Å². The van der Waals surface area contributed by atoms with Gasteiger partial charge in [-0.15, -0.1) is 0 Å². The highest BCUT2D eigenvalue weighted by Crippen LogP contribution is 2.25. The first-order valence-electron chi connectivity index (χ1n) is 10.0. The molecule has 6 heteroatoms. The minimum absolute atomic E-state index is 0.112. The van der Waals surface area contributed by atoms with Gasteiger partial charge in [-0.05, 0) is 83.2 Å². The van der Waals surface area contributed by atoms with E-state index in [1.807, 2.05) is 36.5 Å². The fraction of sp³-hybridized carbons (Fsp3) is 0.524. The van der Waals surface area contributed by atoms with Crippen LogP contribution in [0.4, 0.5) is 5.69 Å². The number of piperidine rings is 2. The molecule has 0 saturated carbocycles. The van der Waals surface area contributed by atoms with Gasteiger partial charge in [0, 0.05) is 30.0 Å². The Balaban J connectivity index is 1.30. The van der Waals surface area contributed by atoms with E-state index in [1.165, 1.54) is 25.9 Å². The van der Waals surface area contributed by atoms with Crippen LogP contribution in [-0.2, 0) is 4.79 Å². The van der Waals surface area contributed by atoms with Gasteiger partial charge in [0.2, 0.25) is 5.91 Å². The smallest absolute Gasteiger partial charge is 0.227 e. The molecule has 0 bridgehead atoms. The van der Waals surface area contributed by atoms with E-state index in [9.17, 15) is 4.79 Å². The summed E-state index contributed by atoms with van der Waals surface area (Å²) in [6.07, 6.45) is 8.08. The number of nitrogens with zero attached hydrogens (tertiary/aromatic N) is 4. The molecule has 0 unspecified atom stereocenters. The van der Waals surface area contributed by atoms with Crippen molar-refractivity contribution in [1.29, 1.82) is 0 Å². The molecule has 0 radical (unpaired) electrons. The average Bonchev–Trinajstić information content (AvgIpc) is 3.24. The molecular formula is C21H29N5O. The molecule has 0 atom stereocenters. The highest BCUT2D eigenvalue weighted by atomic mass is 16.1. The van der Waals surface area contributed by atoms with Crippen molar-refractivity contribution in [2.24, 2.45) is 5.92 Å². The molecule has 1 N–H and O–H groups in total. The van der Waals surface area contributed by atoms with E-state index in [0.29, 0.717) is 6.04 Å². The zero-order valence-corrected chi connectivity index (χ0v) is 16.1. The van der Waals surface area contributed by atoms with E-state index in [4.69, 9.17) is 0 Å². The largest absolute Gasteiger partial charge is 0.326 e. The summed E-state index contributed by atoms with van der Waals surface area (Å²) in [6, 6.07) is 10.5. The summed E-state index contributed by atoms with van der Waals surface area (Å²) < 4.78 is 1.80. The minimum Gasteiger partial charge on any atom is -0.326 e. The second-order valence-electron chi connectivity index (χ2n) is 7.83. The third kappa shape index (κ3) is 4.39. The summed E-state index contributed by atoms with van der Waals surface area (Å²) in [5, 5.41) is 7.36. The molecule has 2 aliphatic rings. The first kappa shape index (κ1) is 18.2. The maximum Gasteiger partial charge on any atom is 0.227 e. The number of benzene rings is 1. The van der Waals surface area contributed by atoms with Gasteiger partial charge in [-0.3, -0.25) is 4.79 Å². The first-order chi connectivity index (χ1) is 13.2. The monoisotopic (exact) mass is 367 g/mol. The molecule has 2 fully saturated rings. The van der Waals surface area contributed by atoms with Gasteiger partial charge >= 0.3 is 0 Å². The number of rotatable bonds is 4. The number of carbonyl (C=O) groups excluding carboxylic acids is 1. The SMILES string of the molecule is CN1CCC(N2CCC(C(=O)Nc3cccc(-n4cccn4)c3)CC2)CC1. The topological polar surface area (TPSA) is 53.4 Å². The molecule has 0 aliphatic carbocycles. The fourth-order valence-electron chi connectivity index (χ4n) is 4.28. The quantitative estimate of drug-likeness (QED) is 0.903. The van der Waals surface area contributed by atoms with Crippen molar-refractivity contribution in [2.45, 2.75) is 31.7 Å². The molecule has 144 valence electrons. The molecule has 1 aromatic carbocycles. The van der Waals surface area contributed by atoms with Crippen LogP contribution in [-0.4, -0.2) is 64.8 Å². The molecule has 27 heavy (non-hydrogen) atoms. The summed E-state index contributed by atoms with van der Waals surface area (Å²) in [5.41, 5.74) is 1.79. The van der Waals surface area contributed by atoms with Gasteiger partial charge in [0.1, 0.15) is 0 Å². The molecule has 2 aliphatic heterocycles. The van der Waals surface area contributed by atoms with E-state index in [2.05, 4.69) is 27.3 Å². The molecular weight excluding hydrogens is 338 g/mol. The number of hydrogen-bond donors (Lipinski definition) is 1. The molecule has 1 amide bonds. The number of nitrogens with one attached hydrogen (secondary N) is 1. The number of likely N-dealkylation sites (tertiary alicyclic amines) is 2. The second-order valence-corrected chi connectivity index (χ2v) is 7.83. The standard InChI is InChI=1S/C21H29N5O/c1-24-12-8-19(9-13-24)25-14-6-17(7-15-25)21(27)23-18-4-2-5-20(16-18)26-11-3-10-22-26/h2-5,10-11,16-17,19H,6-9,12-15H2,1H3,(H,23,27). The van der Waals surface area contributed by atoms with Crippen molar-refractivity contribution in [2.75, 3.05) is 38.5 Å². The average molecular weight is 367 g/mol. The van der Waals surface area contributed by atoms with Crippen LogP contribution in [0.1, 0.15) is 25.7 Å². The lowest BCUT2D eigenvalue weighted by Gasteiger charge is -2.40. The molecule has 6 nitrogen and oxygen atoms in total. The van der Waals surface area contributed by atoms with Crippen molar-refractivity contribution in [3.05, 3.63) is 42.7 Å². The zero-order valence-electron chi connectivity index (χ0n) is 16.1. The third-order valence-electron chi connectivity index (χ3n) is 5.99. The van der Waals surface area contributed by atoms with Crippen LogP contribution in [0, 0.1) is 5.92 Å². The van der Waals surface area contributed by atoms with Gasteiger partial charge in [0.25, 0.3) is 0 Å². The van der Waals surface area contributed by atoms with Gasteiger partial charge in [-0.1, -0.05) is 6.07 Å². The van der Waals surface area contributed by atoms with Crippen LogP contribution in [0.5, 0.6) is 0 Å². The van der Waals surface area contributed by atoms with Crippen LogP contribution >= 0.6 is 0 Å². The Kier molecular flexibility index (Phi) is 5.55. The van der Waals surface area contributed by atoms with Crippen molar-refractivity contribution in [1.82, 2.24) is 19.6 Å². The normalized spacial score (nSPS) is 20.6. The molecule has 1 aromatic heterocycles.